The molecule has 0 rings (SSSR count). The third-order valence-corrected chi connectivity index (χ3v) is 0. The fourth-order valence-corrected chi connectivity index (χ4v) is 0. The Labute approximate surface area is 131 Å². The van der Waals surface area contributed by atoms with E-state index in [1.54, 1.807) is 0 Å². The molecule has 11 heteroatoms. The van der Waals surface area contributed by atoms with Crippen LogP contribution in [-0.2, 0) is 6.64 Å². The summed E-state index contributed by atoms with van der Waals surface area (Å²) in [6, 6.07) is 0. The summed E-state index contributed by atoms with van der Waals surface area (Å²) >= 11 is 0. The summed E-state index contributed by atoms with van der Waals surface area (Å²) < 4.78 is 0. The summed E-state index contributed by atoms with van der Waals surface area (Å²) in [5, 5.41) is 0. The van der Waals surface area contributed by atoms with Crippen LogP contribution in [0.25, 0.3) is 0 Å². The maximum atomic E-state index is 5.06. The van der Waals surface area contributed by atoms with Crippen LogP contribution in [0.3, 0.4) is 0 Å². The molecule has 68 valence electrons. The fraction of sp³-hybridized carbons (Fsp3) is 0. The Morgan fingerprint density at radius 3 is 0.545 bits per heavy atom. The van der Waals surface area contributed by atoms with Crippen molar-refractivity contribution in [2.75, 3.05) is 0 Å². The van der Waals surface area contributed by atoms with Crippen LogP contribution in [0.2, 0.25) is 0 Å². The maximum Gasteiger partial charge on any atom is 1.00 e. The first-order valence-corrected chi connectivity index (χ1v) is 19.7. The minimum Gasteiger partial charge on any atom is 1.00 e. The molecular formula is H4Cl6Na2O2Os. The average molecular weight is 485 g/mol. The molecule has 0 fully saturated rings. The summed E-state index contributed by atoms with van der Waals surface area (Å²) in [6.45, 7) is -5.38. The molecule has 0 aliphatic heterocycles. The van der Waals surface area contributed by atoms with E-state index in [0.29, 0.717) is 0 Å². The van der Waals surface area contributed by atoms with E-state index in [2.05, 4.69) is 0 Å². The standard InChI is InChI=1S/6ClH.2Na.2H2O.Os/h6*1H;;;2*1H2;/q;;;;;;2*+1;;;+4/p-6. The average Bonchev–Trinajstić information content (AvgIpc) is 0.592. The molecule has 0 heterocycles. The van der Waals surface area contributed by atoms with Gasteiger partial charge in [0.1, 0.15) is 0 Å². The first-order valence-electron chi connectivity index (χ1n) is 0.802. The molecule has 0 aromatic heterocycles. The molecule has 0 aliphatic rings. The molecule has 0 aliphatic carbocycles. The van der Waals surface area contributed by atoms with E-state index in [9.17, 15) is 0 Å². The first kappa shape index (κ1) is 29.5. The van der Waals surface area contributed by atoms with Gasteiger partial charge in [-0.15, -0.1) is 0 Å². The van der Waals surface area contributed by atoms with Crippen molar-refractivity contribution in [2.24, 2.45) is 0 Å². The maximum absolute atomic E-state index is 5.38. The number of rotatable bonds is 0. The Morgan fingerprint density at radius 2 is 0.545 bits per heavy atom. The van der Waals surface area contributed by atoms with E-state index >= 15 is 0 Å². The molecule has 0 amide bonds. The Bertz CT molecular complexity index is 77.1. The molecule has 0 aromatic rings. The normalized spacial score (nSPS) is 14.7. The van der Waals surface area contributed by atoms with Gasteiger partial charge >= 0.3 is 124 Å². The van der Waals surface area contributed by atoms with E-state index in [0.717, 1.165) is 0 Å². The molecule has 0 saturated heterocycles. The fourth-order valence-electron chi connectivity index (χ4n) is 0. The Hall–Kier alpha value is 4.30. The van der Waals surface area contributed by atoms with Crippen LogP contribution < -0.4 is 59.1 Å². The Balaban J connectivity index is -0.0000000300. The van der Waals surface area contributed by atoms with E-state index in [-0.39, 0.29) is 70.1 Å². The molecule has 0 radical (unpaired) electrons. The van der Waals surface area contributed by atoms with Crippen molar-refractivity contribution >= 4 is 57.8 Å². The van der Waals surface area contributed by atoms with Crippen molar-refractivity contribution in [3.63, 3.8) is 0 Å². The smallest absolute Gasteiger partial charge is 1.00 e. The van der Waals surface area contributed by atoms with E-state index in [1.807, 2.05) is 0 Å². The van der Waals surface area contributed by atoms with Crippen LogP contribution in [-0.4, -0.2) is 11.0 Å². The zero-order chi connectivity index (χ0) is 6.41. The van der Waals surface area contributed by atoms with Crippen LogP contribution in [0.1, 0.15) is 0 Å². The molecule has 0 aromatic carbocycles. The van der Waals surface area contributed by atoms with Crippen molar-refractivity contribution < 1.29 is 76.7 Å². The van der Waals surface area contributed by atoms with Gasteiger partial charge in [-0.2, -0.15) is 0 Å². The first-order chi connectivity index (χ1) is 2.45. The van der Waals surface area contributed by atoms with Crippen molar-refractivity contribution in [2.45, 2.75) is 0 Å². The van der Waals surface area contributed by atoms with Crippen LogP contribution in [0.15, 0.2) is 0 Å². The van der Waals surface area contributed by atoms with Crippen LogP contribution in [0, 0.1) is 0 Å². The van der Waals surface area contributed by atoms with Crippen molar-refractivity contribution in [3.05, 3.63) is 0 Å². The molecular weight excluding hydrogens is 481 g/mol. The molecule has 0 bridgehead atoms. The van der Waals surface area contributed by atoms with E-state index in [4.69, 9.17) is 57.8 Å². The van der Waals surface area contributed by atoms with Gasteiger partial charge in [0.15, 0.2) is 0 Å². The van der Waals surface area contributed by atoms with E-state index < -0.39 is 6.64 Å². The van der Waals surface area contributed by atoms with Gasteiger partial charge in [0.2, 0.25) is 0 Å². The molecule has 0 spiro atoms. The minimum absolute atomic E-state index is 0. The van der Waals surface area contributed by atoms with Gasteiger partial charge in [0, 0.05) is 0 Å². The topological polar surface area (TPSA) is 63.0 Å². The summed E-state index contributed by atoms with van der Waals surface area (Å²) in [5.74, 6) is 0. The SMILES string of the molecule is O.O.[Cl][Os-2]([Cl])([Cl])([Cl])([Cl])[Cl].[Na+].[Na+]. The van der Waals surface area contributed by atoms with Crippen molar-refractivity contribution in [3.8, 4) is 0 Å². The number of hydrogen-bond acceptors (Lipinski definition) is 0. The quantitative estimate of drug-likeness (QED) is 0.320. The molecule has 0 unspecified atom stereocenters. The number of halogens is 6. The minimum atomic E-state index is -5.38. The number of hydrogen-bond donors (Lipinski definition) is 0. The third-order valence-electron chi connectivity index (χ3n) is 0. The molecule has 4 N–H and O–H groups in total. The van der Waals surface area contributed by atoms with Gasteiger partial charge in [0.25, 0.3) is 0 Å². The molecule has 0 atom stereocenters. The zero-order valence-electron chi connectivity index (χ0n) is 5.62. The second kappa shape index (κ2) is 6.79. The molecule has 11 heavy (non-hydrogen) atoms. The summed E-state index contributed by atoms with van der Waals surface area (Å²) in [5.41, 5.74) is 0. The predicted octanol–water partition coefficient (Wildman–Crippen LogP) is -3.51. The van der Waals surface area contributed by atoms with Gasteiger partial charge in [-0.3, -0.25) is 0 Å². The van der Waals surface area contributed by atoms with Gasteiger partial charge in [-0.1, -0.05) is 0 Å². The monoisotopic (exact) mass is 484 g/mol. The summed E-state index contributed by atoms with van der Waals surface area (Å²) in [6.07, 6.45) is 0. The third kappa shape index (κ3) is 117. The zero-order valence-corrected chi connectivity index (χ0v) is 16.7. The van der Waals surface area contributed by atoms with Crippen LogP contribution >= 0.6 is 57.8 Å². The van der Waals surface area contributed by atoms with Crippen molar-refractivity contribution in [1.82, 2.24) is 0 Å². The summed E-state index contributed by atoms with van der Waals surface area (Å²) in [7, 11) is 30.4. The second-order valence-electron chi connectivity index (χ2n) is 0.758. The van der Waals surface area contributed by atoms with Gasteiger partial charge in [0.05, 0.1) is 0 Å². The second-order valence-corrected chi connectivity index (χ2v) is 55.8. The Kier molecular flexibility index (Phi) is 18.2. The Morgan fingerprint density at radius 1 is 0.545 bits per heavy atom. The van der Waals surface area contributed by atoms with Crippen LogP contribution in [0.4, 0.5) is 0 Å². The predicted molar refractivity (Wildman–Crippen MR) is 42.3 cm³/mol. The van der Waals surface area contributed by atoms with Gasteiger partial charge in [-0.25, -0.2) is 0 Å². The van der Waals surface area contributed by atoms with Crippen molar-refractivity contribution in [1.29, 1.82) is 0 Å². The summed E-state index contributed by atoms with van der Waals surface area (Å²) in [4.78, 5) is 0. The largest absolute Gasteiger partial charge is 1.00 e. The molecule has 2 nitrogen and oxygen atoms in total. The van der Waals surface area contributed by atoms with E-state index in [1.165, 1.54) is 0 Å². The van der Waals surface area contributed by atoms with Gasteiger partial charge < -0.3 is 11.0 Å². The van der Waals surface area contributed by atoms with Gasteiger partial charge in [-0.05, 0) is 0 Å². The van der Waals surface area contributed by atoms with Crippen LogP contribution in [0.5, 0.6) is 0 Å². The molecule has 0 saturated carbocycles.